The van der Waals surface area contributed by atoms with E-state index in [0.717, 1.165) is 24.1 Å². The molecule has 8 nitrogen and oxygen atoms in total. The second-order valence-corrected chi connectivity index (χ2v) is 5.97. The monoisotopic (exact) mass is 318 g/mol. The first-order chi connectivity index (χ1) is 11.0. The zero-order chi connectivity index (χ0) is 16.6. The van der Waals surface area contributed by atoms with Crippen LogP contribution in [0, 0.1) is 6.92 Å². The molecule has 0 bridgehead atoms. The van der Waals surface area contributed by atoms with Crippen LogP contribution in [0.25, 0.3) is 11.6 Å². The van der Waals surface area contributed by atoms with Crippen molar-refractivity contribution in [3.63, 3.8) is 0 Å². The molecule has 2 amide bonds. The van der Waals surface area contributed by atoms with Crippen molar-refractivity contribution in [3.05, 3.63) is 17.1 Å². The predicted octanol–water partition coefficient (Wildman–Crippen LogP) is 1.64. The summed E-state index contributed by atoms with van der Waals surface area (Å²) in [5.41, 5.74) is 2.77. The fourth-order valence-electron chi connectivity index (χ4n) is 2.73. The number of carbonyl (C=O) groups is 1. The van der Waals surface area contributed by atoms with Crippen LogP contribution in [-0.4, -0.2) is 43.4 Å². The second-order valence-electron chi connectivity index (χ2n) is 5.97. The van der Waals surface area contributed by atoms with Gasteiger partial charge in [0.2, 0.25) is 0 Å². The van der Waals surface area contributed by atoms with E-state index in [0.29, 0.717) is 30.5 Å². The molecule has 0 radical (unpaired) electrons. The number of fused-ring (bicyclic) bond motifs is 1. The third-order valence-electron chi connectivity index (χ3n) is 4.24. The lowest BCUT2D eigenvalue weighted by Gasteiger charge is -2.28. The van der Waals surface area contributed by atoms with E-state index in [2.05, 4.69) is 27.5 Å². The number of carbonyl (C=O) groups excluding carboxylic acids is 1. The molecule has 0 spiro atoms. The van der Waals surface area contributed by atoms with Crippen LogP contribution in [0.1, 0.15) is 37.4 Å². The number of amides is 2. The summed E-state index contributed by atoms with van der Waals surface area (Å²) in [6.07, 6.45) is 1.67. The highest BCUT2D eigenvalue weighted by Crippen LogP contribution is 2.28. The average molecular weight is 318 g/mol. The highest BCUT2D eigenvalue weighted by atomic mass is 16.5. The van der Waals surface area contributed by atoms with Crippen LogP contribution < -0.4 is 5.32 Å². The van der Waals surface area contributed by atoms with Gasteiger partial charge in [-0.15, -0.1) is 0 Å². The van der Waals surface area contributed by atoms with Gasteiger partial charge in [0.05, 0.1) is 6.54 Å². The van der Waals surface area contributed by atoms with Gasteiger partial charge in [0.1, 0.15) is 0 Å². The van der Waals surface area contributed by atoms with E-state index >= 15 is 0 Å². The van der Waals surface area contributed by atoms with Crippen LogP contribution in [0.3, 0.4) is 0 Å². The summed E-state index contributed by atoms with van der Waals surface area (Å²) < 4.78 is 7.09. The zero-order valence-electron chi connectivity index (χ0n) is 14.0. The lowest BCUT2D eigenvalue weighted by Crippen LogP contribution is -2.45. The molecule has 2 aromatic heterocycles. The fourth-order valence-corrected chi connectivity index (χ4v) is 2.73. The van der Waals surface area contributed by atoms with Crippen molar-refractivity contribution in [1.29, 1.82) is 0 Å². The standard InChI is InChI=1S/C15H22N6O2/c1-5-9(2)16-15(22)21-7-6-12-11(8-21)13(18-20(12)4)14-17-10(3)19-23-14/h9H,5-8H2,1-4H3,(H,16,22)/t9-/m0/s1. The Morgan fingerprint density at radius 1 is 1.48 bits per heavy atom. The molecule has 3 heterocycles. The van der Waals surface area contributed by atoms with E-state index in [1.54, 1.807) is 6.92 Å². The van der Waals surface area contributed by atoms with E-state index in [-0.39, 0.29) is 12.1 Å². The number of nitrogens with one attached hydrogen (secondary N) is 1. The zero-order valence-corrected chi connectivity index (χ0v) is 14.0. The molecule has 0 saturated carbocycles. The summed E-state index contributed by atoms with van der Waals surface area (Å²) in [7, 11) is 1.90. The molecule has 1 atom stereocenters. The summed E-state index contributed by atoms with van der Waals surface area (Å²) in [4.78, 5) is 18.4. The Bertz CT molecular complexity index is 720. The van der Waals surface area contributed by atoms with E-state index in [9.17, 15) is 4.79 Å². The third kappa shape index (κ3) is 2.93. The van der Waals surface area contributed by atoms with Crippen molar-refractivity contribution in [2.45, 2.75) is 46.2 Å². The summed E-state index contributed by atoms with van der Waals surface area (Å²) in [5, 5.41) is 11.3. The Hall–Kier alpha value is -2.38. The van der Waals surface area contributed by atoms with Crippen LogP contribution in [0.5, 0.6) is 0 Å². The van der Waals surface area contributed by atoms with Crippen LogP contribution in [0.2, 0.25) is 0 Å². The quantitative estimate of drug-likeness (QED) is 0.929. The molecule has 0 aromatic carbocycles. The Kier molecular flexibility index (Phi) is 4.06. The molecule has 0 unspecified atom stereocenters. The van der Waals surface area contributed by atoms with Gasteiger partial charge in [0, 0.05) is 37.3 Å². The van der Waals surface area contributed by atoms with E-state index < -0.39 is 0 Å². The van der Waals surface area contributed by atoms with Crippen molar-refractivity contribution >= 4 is 6.03 Å². The summed E-state index contributed by atoms with van der Waals surface area (Å²) in [6.45, 7) is 7.01. The minimum absolute atomic E-state index is 0.0403. The molecule has 1 aliphatic rings. The Labute approximate surface area is 134 Å². The number of urea groups is 1. The molecule has 1 N–H and O–H groups in total. The molecule has 0 fully saturated rings. The summed E-state index contributed by atoms with van der Waals surface area (Å²) in [5.74, 6) is 0.977. The van der Waals surface area contributed by atoms with Gasteiger partial charge in [0.15, 0.2) is 11.5 Å². The van der Waals surface area contributed by atoms with Crippen molar-refractivity contribution in [2.75, 3.05) is 6.54 Å². The van der Waals surface area contributed by atoms with Crippen molar-refractivity contribution in [2.24, 2.45) is 7.05 Å². The SMILES string of the molecule is CC[C@H](C)NC(=O)N1CCc2c(c(-c3nc(C)no3)nn2C)C1. The molecule has 23 heavy (non-hydrogen) atoms. The van der Waals surface area contributed by atoms with Gasteiger partial charge in [-0.25, -0.2) is 4.79 Å². The van der Waals surface area contributed by atoms with E-state index in [1.807, 2.05) is 23.6 Å². The fraction of sp³-hybridized carbons (Fsp3) is 0.600. The maximum atomic E-state index is 12.4. The Morgan fingerprint density at radius 2 is 2.26 bits per heavy atom. The molecule has 0 aliphatic carbocycles. The van der Waals surface area contributed by atoms with Crippen LogP contribution >= 0.6 is 0 Å². The first-order valence-electron chi connectivity index (χ1n) is 7.90. The topological polar surface area (TPSA) is 89.1 Å². The molecular formula is C15H22N6O2. The third-order valence-corrected chi connectivity index (χ3v) is 4.24. The van der Waals surface area contributed by atoms with Crippen molar-refractivity contribution in [3.8, 4) is 11.6 Å². The summed E-state index contributed by atoms with van der Waals surface area (Å²) >= 11 is 0. The van der Waals surface area contributed by atoms with Gasteiger partial charge in [0.25, 0.3) is 5.89 Å². The lowest BCUT2D eigenvalue weighted by atomic mass is 10.1. The Morgan fingerprint density at radius 3 is 2.91 bits per heavy atom. The van der Waals surface area contributed by atoms with Gasteiger partial charge in [-0.3, -0.25) is 4.68 Å². The van der Waals surface area contributed by atoms with Crippen molar-refractivity contribution < 1.29 is 9.32 Å². The summed E-state index contributed by atoms with van der Waals surface area (Å²) in [6, 6.07) is 0.123. The normalized spacial score (nSPS) is 15.4. The van der Waals surface area contributed by atoms with Gasteiger partial charge in [-0.05, 0) is 20.3 Å². The largest absolute Gasteiger partial charge is 0.336 e. The molecular weight excluding hydrogens is 296 g/mol. The minimum atomic E-state index is -0.0403. The maximum Gasteiger partial charge on any atom is 0.317 e. The number of aryl methyl sites for hydroxylation is 2. The van der Waals surface area contributed by atoms with Gasteiger partial charge in [-0.2, -0.15) is 10.1 Å². The molecule has 8 heteroatoms. The Balaban J connectivity index is 1.86. The molecule has 0 saturated heterocycles. The van der Waals surface area contributed by atoms with Crippen LogP contribution in [0.4, 0.5) is 4.79 Å². The number of hydrogen-bond donors (Lipinski definition) is 1. The highest BCUT2D eigenvalue weighted by molar-refractivity contribution is 5.75. The van der Waals surface area contributed by atoms with Crippen LogP contribution in [0.15, 0.2) is 4.52 Å². The maximum absolute atomic E-state index is 12.4. The smallest absolute Gasteiger partial charge is 0.317 e. The molecule has 124 valence electrons. The average Bonchev–Trinajstić information content (AvgIpc) is 3.10. The number of nitrogens with zero attached hydrogens (tertiary/aromatic N) is 5. The first-order valence-corrected chi connectivity index (χ1v) is 7.90. The first kappa shape index (κ1) is 15.5. The number of rotatable bonds is 3. The van der Waals surface area contributed by atoms with Crippen LogP contribution in [-0.2, 0) is 20.0 Å². The molecule has 1 aliphatic heterocycles. The van der Waals surface area contributed by atoms with Gasteiger partial charge in [-0.1, -0.05) is 12.1 Å². The van der Waals surface area contributed by atoms with E-state index in [1.165, 1.54) is 0 Å². The predicted molar refractivity (Wildman–Crippen MR) is 83.6 cm³/mol. The number of aromatic nitrogens is 4. The second kappa shape index (κ2) is 6.02. The minimum Gasteiger partial charge on any atom is -0.336 e. The van der Waals surface area contributed by atoms with Gasteiger partial charge < -0.3 is 14.7 Å². The van der Waals surface area contributed by atoms with Crippen molar-refractivity contribution in [1.82, 2.24) is 30.1 Å². The molecule has 3 rings (SSSR count). The van der Waals surface area contributed by atoms with E-state index in [4.69, 9.17) is 4.52 Å². The number of hydrogen-bond acceptors (Lipinski definition) is 5. The molecule has 2 aromatic rings. The highest BCUT2D eigenvalue weighted by Gasteiger charge is 2.29. The lowest BCUT2D eigenvalue weighted by molar-refractivity contribution is 0.188. The van der Waals surface area contributed by atoms with Gasteiger partial charge >= 0.3 is 6.03 Å².